The first kappa shape index (κ1) is 10.2. The van der Waals surface area contributed by atoms with E-state index < -0.39 is 0 Å². The van der Waals surface area contributed by atoms with Crippen molar-refractivity contribution in [1.82, 2.24) is 0 Å². The van der Waals surface area contributed by atoms with Crippen LogP contribution in [0.5, 0.6) is 0 Å². The van der Waals surface area contributed by atoms with Crippen LogP contribution in [-0.4, -0.2) is 0 Å². The highest BCUT2D eigenvalue weighted by Gasteiger charge is 2.36. The zero-order chi connectivity index (χ0) is 10.5. The van der Waals surface area contributed by atoms with Gasteiger partial charge in [-0.25, -0.2) is 0 Å². The summed E-state index contributed by atoms with van der Waals surface area (Å²) in [4.78, 5) is 0. The Labute approximate surface area is 94.8 Å². The number of hydrogen-bond donors (Lipinski definition) is 0. The van der Waals surface area contributed by atoms with Crippen LogP contribution in [-0.2, 0) is 5.41 Å². The molecule has 0 heterocycles. The van der Waals surface area contributed by atoms with Gasteiger partial charge in [0.15, 0.2) is 0 Å². The molecule has 1 atom stereocenters. The van der Waals surface area contributed by atoms with E-state index in [9.17, 15) is 0 Å². The molecule has 1 aliphatic carbocycles. The highest BCUT2D eigenvalue weighted by molar-refractivity contribution is 9.10. The van der Waals surface area contributed by atoms with E-state index >= 15 is 0 Å². The number of halogens is 1. The Morgan fingerprint density at radius 2 is 2.00 bits per heavy atom. The molecule has 0 unspecified atom stereocenters. The molecule has 0 radical (unpaired) electrons. The van der Waals surface area contributed by atoms with E-state index in [0.717, 1.165) is 0 Å². The lowest BCUT2D eigenvalue weighted by molar-refractivity contribution is 0.487. The molecule has 0 N–H and O–H groups in total. The fraction of sp³-hybridized carbons (Fsp3) is 0.538. The van der Waals surface area contributed by atoms with Crippen LogP contribution in [0.4, 0.5) is 0 Å². The maximum atomic E-state index is 3.67. The summed E-state index contributed by atoms with van der Waals surface area (Å²) >= 11 is 3.67. The van der Waals surface area contributed by atoms with Crippen molar-refractivity contribution in [3.8, 4) is 0 Å². The third kappa shape index (κ3) is 1.33. The van der Waals surface area contributed by atoms with Crippen LogP contribution in [0.2, 0.25) is 0 Å². The quantitative estimate of drug-likeness (QED) is 0.636. The van der Waals surface area contributed by atoms with Gasteiger partial charge in [0.05, 0.1) is 0 Å². The van der Waals surface area contributed by atoms with Crippen LogP contribution in [0.1, 0.15) is 49.8 Å². The van der Waals surface area contributed by atoms with Crippen LogP contribution < -0.4 is 0 Å². The maximum absolute atomic E-state index is 3.67. The zero-order valence-corrected chi connectivity index (χ0v) is 10.9. The van der Waals surface area contributed by atoms with Gasteiger partial charge in [-0.1, -0.05) is 42.8 Å². The minimum Gasteiger partial charge on any atom is -0.0583 e. The molecule has 1 aromatic carbocycles. The maximum Gasteiger partial charge on any atom is 0.0213 e. The van der Waals surface area contributed by atoms with E-state index in [-0.39, 0.29) is 0 Å². The lowest BCUT2D eigenvalue weighted by Gasteiger charge is -2.21. The van der Waals surface area contributed by atoms with Gasteiger partial charge >= 0.3 is 0 Å². The van der Waals surface area contributed by atoms with Gasteiger partial charge < -0.3 is 0 Å². The average Bonchev–Trinajstić information content (AvgIpc) is 2.30. The number of fused-ring (bicyclic) bond motifs is 1. The summed E-state index contributed by atoms with van der Waals surface area (Å²) in [6, 6.07) is 4.41. The summed E-state index contributed by atoms with van der Waals surface area (Å²) in [5.41, 5.74) is 4.90. The summed E-state index contributed by atoms with van der Waals surface area (Å²) in [6.45, 7) is 9.27. The lowest BCUT2D eigenvalue weighted by Crippen LogP contribution is -2.13. The molecule has 0 amide bonds. The summed E-state index contributed by atoms with van der Waals surface area (Å²) in [6.07, 6.45) is 1.27. The fourth-order valence-corrected chi connectivity index (χ4v) is 3.77. The highest BCUT2D eigenvalue weighted by Crippen LogP contribution is 2.49. The topological polar surface area (TPSA) is 0 Å². The number of hydrogen-bond acceptors (Lipinski definition) is 0. The van der Waals surface area contributed by atoms with Crippen molar-refractivity contribution in [2.24, 2.45) is 0 Å². The van der Waals surface area contributed by atoms with Crippen molar-refractivity contribution < 1.29 is 0 Å². The van der Waals surface area contributed by atoms with Gasteiger partial charge in [0.25, 0.3) is 0 Å². The molecular weight excluding hydrogens is 236 g/mol. The monoisotopic (exact) mass is 252 g/mol. The molecule has 0 saturated heterocycles. The van der Waals surface area contributed by atoms with E-state index in [1.807, 2.05) is 0 Å². The van der Waals surface area contributed by atoms with E-state index in [1.54, 1.807) is 5.56 Å². The van der Waals surface area contributed by atoms with Crippen molar-refractivity contribution >= 4 is 15.9 Å². The Hall–Kier alpha value is -0.300. The molecule has 0 fully saturated rings. The Kier molecular flexibility index (Phi) is 2.26. The second kappa shape index (κ2) is 3.10. The van der Waals surface area contributed by atoms with Crippen LogP contribution in [0.15, 0.2) is 16.6 Å². The number of benzene rings is 1. The van der Waals surface area contributed by atoms with Gasteiger partial charge in [-0.3, -0.25) is 0 Å². The van der Waals surface area contributed by atoms with Crippen LogP contribution in [0.3, 0.4) is 0 Å². The third-order valence-corrected chi connectivity index (χ3v) is 4.08. The first-order valence-corrected chi connectivity index (χ1v) is 6.02. The van der Waals surface area contributed by atoms with Gasteiger partial charge in [-0.05, 0) is 47.4 Å². The molecule has 14 heavy (non-hydrogen) atoms. The first-order chi connectivity index (χ1) is 6.43. The Morgan fingerprint density at radius 1 is 1.36 bits per heavy atom. The molecule has 2 rings (SSSR count). The van der Waals surface area contributed by atoms with Crippen LogP contribution in [0.25, 0.3) is 0 Å². The standard InChI is InChI=1S/C13H17Br/c1-8-5-6-10(14)11-9(2)7-13(3,4)12(8)11/h5-6,9H,7H2,1-4H3/t9-/m1/s1. The van der Waals surface area contributed by atoms with Gasteiger partial charge in [-0.15, -0.1) is 0 Å². The van der Waals surface area contributed by atoms with E-state index in [2.05, 4.69) is 55.8 Å². The Morgan fingerprint density at radius 3 is 2.57 bits per heavy atom. The second-order valence-corrected chi connectivity index (χ2v) is 6.00. The summed E-state index contributed by atoms with van der Waals surface area (Å²) < 4.78 is 1.29. The Balaban J connectivity index is 2.73. The van der Waals surface area contributed by atoms with E-state index in [0.29, 0.717) is 11.3 Å². The predicted octanol–water partition coefficient (Wildman–Crippen LogP) is 4.54. The summed E-state index contributed by atoms with van der Waals surface area (Å²) in [5, 5.41) is 0. The van der Waals surface area contributed by atoms with Gasteiger partial charge in [0.1, 0.15) is 0 Å². The Bertz CT molecular complexity index is 377. The number of aryl methyl sites for hydroxylation is 1. The second-order valence-electron chi connectivity index (χ2n) is 5.14. The molecule has 0 spiro atoms. The smallest absolute Gasteiger partial charge is 0.0213 e. The molecule has 76 valence electrons. The molecule has 0 nitrogen and oxygen atoms in total. The minimum atomic E-state index is 0.350. The van der Waals surface area contributed by atoms with Crippen LogP contribution in [0, 0.1) is 6.92 Å². The van der Waals surface area contributed by atoms with Gasteiger partial charge in [0, 0.05) is 4.47 Å². The normalized spacial score (nSPS) is 23.6. The first-order valence-electron chi connectivity index (χ1n) is 5.23. The summed E-state index contributed by atoms with van der Waals surface area (Å²) in [7, 11) is 0. The van der Waals surface area contributed by atoms with Gasteiger partial charge in [-0.2, -0.15) is 0 Å². The van der Waals surface area contributed by atoms with Crippen molar-refractivity contribution in [2.45, 2.75) is 45.4 Å². The van der Waals surface area contributed by atoms with Crippen LogP contribution >= 0.6 is 15.9 Å². The van der Waals surface area contributed by atoms with Gasteiger partial charge in [0.2, 0.25) is 0 Å². The van der Waals surface area contributed by atoms with Crippen molar-refractivity contribution in [2.75, 3.05) is 0 Å². The van der Waals surface area contributed by atoms with Crippen molar-refractivity contribution in [3.05, 3.63) is 33.3 Å². The number of rotatable bonds is 0. The van der Waals surface area contributed by atoms with E-state index in [1.165, 1.54) is 22.0 Å². The van der Waals surface area contributed by atoms with E-state index in [4.69, 9.17) is 0 Å². The lowest BCUT2D eigenvalue weighted by atomic mass is 9.84. The largest absolute Gasteiger partial charge is 0.0583 e. The molecule has 0 bridgehead atoms. The van der Waals surface area contributed by atoms with Crippen molar-refractivity contribution in [3.63, 3.8) is 0 Å². The minimum absolute atomic E-state index is 0.350. The molecule has 0 aliphatic heterocycles. The zero-order valence-electron chi connectivity index (χ0n) is 9.32. The third-order valence-electron chi connectivity index (χ3n) is 3.39. The highest BCUT2D eigenvalue weighted by atomic mass is 79.9. The molecule has 0 aromatic heterocycles. The summed E-state index contributed by atoms with van der Waals surface area (Å²) in [5.74, 6) is 0.689. The SMILES string of the molecule is Cc1ccc(Br)c2c1C(C)(C)C[C@H]2C. The predicted molar refractivity (Wildman–Crippen MR) is 64.9 cm³/mol. The average molecular weight is 253 g/mol. The molecular formula is C13H17Br. The molecule has 1 aliphatic rings. The molecule has 1 aromatic rings. The van der Waals surface area contributed by atoms with Crippen molar-refractivity contribution in [1.29, 1.82) is 0 Å². The fourth-order valence-electron chi connectivity index (χ4n) is 3.05. The molecule has 0 saturated carbocycles. The molecule has 1 heteroatoms.